The highest BCUT2D eigenvalue weighted by Gasteiger charge is 2.47. The number of amides is 8. The molecule has 0 bridgehead atoms. The van der Waals surface area contributed by atoms with Crippen molar-refractivity contribution >= 4 is 187 Å². The van der Waals surface area contributed by atoms with Gasteiger partial charge in [-0.2, -0.15) is 26.3 Å². The Labute approximate surface area is 793 Å². The molecule has 11 atom stereocenters. The number of hydrogen-bond acceptors (Lipinski definition) is 24. The minimum Gasteiger partial charge on any atom is -0.398 e. The van der Waals surface area contributed by atoms with Crippen LogP contribution < -0.4 is 76.1 Å². The molecule has 35 heteroatoms. The summed E-state index contributed by atoms with van der Waals surface area (Å²) >= 11 is 0. The number of nitrogen functional groups attached to an aromatic ring is 5. The summed E-state index contributed by atoms with van der Waals surface area (Å²) in [6.07, 6.45) is 16.6. The van der Waals surface area contributed by atoms with Crippen LogP contribution in [0.4, 0.5) is 74.6 Å². The van der Waals surface area contributed by atoms with Crippen molar-refractivity contribution in [3.05, 3.63) is 234 Å². The van der Waals surface area contributed by atoms with Gasteiger partial charge in [-0.25, -0.2) is 29.7 Å². The average Bonchev–Trinajstić information content (AvgIpc) is 1.62. The van der Waals surface area contributed by atoms with Gasteiger partial charge in [-0.05, 0) is 240 Å². The quantitative estimate of drug-likeness (QED) is 0.0400. The fourth-order valence-corrected chi connectivity index (χ4v) is 17.7. The maximum absolute atomic E-state index is 12.9. The third-order valence-electron chi connectivity index (χ3n) is 26.1. The zero-order valence-corrected chi connectivity index (χ0v) is 75.5. The van der Waals surface area contributed by atoms with Gasteiger partial charge in [0, 0.05) is 137 Å². The van der Waals surface area contributed by atoms with Crippen LogP contribution in [0.25, 0.3) is 92.8 Å². The topological polar surface area (TPSA) is 571 Å². The molecule has 0 radical (unpaired) electrons. The van der Waals surface area contributed by atoms with Crippen LogP contribution in [0.15, 0.2) is 212 Å². The van der Waals surface area contributed by atoms with E-state index in [0.717, 1.165) is 116 Å². The number of para-hydroxylation sites is 3. The molecule has 22 rings (SSSR count). The van der Waals surface area contributed by atoms with Crippen molar-refractivity contribution in [3.8, 4) is 58.3 Å². The molecule has 1 saturated heterocycles. The van der Waals surface area contributed by atoms with E-state index in [-0.39, 0.29) is 118 Å². The SMILES string of the molecule is CC1CCC(=O)N1c1cc(N)c2cnc(NC(=O)[C@@H]3C[C@H]3C#N)cc2c1.CNC(=O)c1ccc(C)c(-c2cc(N)c3cnc(NC(=O)[C@H]4C[C@@H]4C#N)cc3c2)c1.Cn1c(=O)n(-c2cc(N)c3cnc(NC(=O)[C@H]4C[C@@H]4C#N)cc3c2)c2ccccc21.N#C[C@H]1C[C@@H]1C(=O)Nc1cc2cc(-c3cc[nH]c3)cc(N)c2cn1.N#C[C@H]1C[C@@H]1C(=O)Nc1cc2cc(N3C(=O)Cc4ccccc43)cc(N)c2cn1. The summed E-state index contributed by atoms with van der Waals surface area (Å²) in [4.78, 5) is 138. The summed E-state index contributed by atoms with van der Waals surface area (Å²) in [5.41, 5.74) is 44.5. The molecule has 5 aliphatic carbocycles. The first-order valence-electron chi connectivity index (χ1n) is 44.9. The normalized spacial score (nSPS) is 19.5. The molecule has 690 valence electrons. The third kappa shape index (κ3) is 18.9. The first-order valence-corrected chi connectivity index (χ1v) is 44.9. The third-order valence-corrected chi connectivity index (χ3v) is 26.1. The van der Waals surface area contributed by atoms with Gasteiger partial charge < -0.3 is 70.5 Å². The number of nitrogens with one attached hydrogen (secondary N) is 7. The van der Waals surface area contributed by atoms with Crippen LogP contribution in [0.2, 0.25) is 0 Å². The molecular formula is C104H90N26O9. The van der Waals surface area contributed by atoms with Crippen LogP contribution >= 0.6 is 0 Å². The minimum atomic E-state index is -0.279. The maximum atomic E-state index is 12.9. The second-order valence-corrected chi connectivity index (χ2v) is 35.6. The van der Waals surface area contributed by atoms with Gasteiger partial charge >= 0.3 is 5.69 Å². The van der Waals surface area contributed by atoms with E-state index in [1.165, 1.54) is 0 Å². The maximum Gasteiger partial charge on any atom is 0.333 e. The molecule has 17 N–H and O–H groups in total. The second kappa shape index (κ2) is 37.6. The minimum absolute atomic E-state index is 0.0104. The van der Waals surface area contributed by atoms with Crippen molar-refractivity contribution in [1.82, 2.24) is 44.4 Å². The van der Waals surface area contributed by atoms with Gasteiger partial charge in [0.15, 0.2) is 0 Å². The zero-order valence-electron chi connectivity index (χ0n) is 75.5. The molecule has 8 aromatic carbocycles. The Morgan fingerprint density at radius 3 is 1.24 bits per heavy atom. The van der Waals surface area contributed by atoms with Crippen LogP contribution in [0, 0.1) is 123 Å². The monoisotopic (exact) mass is 1850 g/mol. The number of H-pyrrole nitrogens is 1. The van der Waals surface area contributed by atoms with Gasteiger partial charge in [0.25, 0.3) is 5.91 Å². The number of imidazole rings is 1. The van der Waals surface area contributed by atoms with E-state index >= 15 is 0 Å². The molecule has 35 nitrogen and oxygen atoms in total. The Hall–Kier alpha value is -18.4. The smallest absolute Gasteiger partial charge is 0.333 e. The van der Waals surface area contributed by atoms with Gasteiger partial charge in [-0.1, -0.05) is 36.4 Å². The van der Waals surface area contributed by atoms with Crippen LogP contribution in [0.5, 0.6) is 0 Å². The average molecular weight is 1850 g/mol. The fraction of sp³-hybridized carbons (Fsp3) is 0.221. The van der Waals surface area contributed by atoms with Gasteiger partial charge in [-0.15, -0.1) is 0 Å². The molecule has 6 fully saturated rings. The highest BCUT2D eigenvalue weighted by Crippen LogP contribution is 2.46. The molecule has 7 aromatic heterocycles. The largest absolute Gasteiger partial charge is 0.398 e. The summed E-state index contributed by atoms with van der Waals surface area (Å²) < 4.78 is 3.21. The Morgan fingerprint density at radius 2 is 0.820 bits per heavy atom. The van der Waals surface area contributed by atoms with Crippen molar-refractivity contribution in [2.24, 2.45) is 66.2 Å². The van der Waals surface area contributed by atoms with Gasteiger partial charge in [0.1, 0.15) is 29.1 Å². The lowest BCUT2D eigenvalue weighted by molar-refractivity contribution is -0.118. The van der Waals surface area contributed by atoms with E-state index in [1.807, 2.05) is 142 Å². The summed E-state index contributed by atoms with van der Waals surface area (Å²) in [7, 11) is 3.33. The van der Waals surface area contributed by atoms with Crippen molar-refractivity contribution < 1.29 is 38.4 Å². The van der Waals surface area contributed by atoms with E-state index in [2.05, 4.69) is 92.2 Å². The predicted molar refractivity (Wildman–Crippen MR) is 529 cm³/mol. The van der Waals surface area contributed by atoms with Crippen molar-refractivity contribution in [2.45, 2.75) is 71.3 Å². The first kappa shape index (κ1) is 91.1. The molecule has 15 aromatic rings. The van der Waals surface area contributed by atoms with Gasteiger partial charge in [-0.3, -0.25) is 52.4 Å². The summed E-state index contributed by atoms with van der Waals surface area (Å²) in [5, 5.41) is 68.8. The van der Waals surface area contributed by atoms with E-state index in [1.54, 1.807) is 113 Å². The number of carbonyl (C=O) groups is 8. The predicted octanol–water partition coefficient (Wildman–Crippen LogP) is 14.3. The molecule has 5 saturated carbocycles. The van der Waals surface area contributed by atoms with Gasteiger partial charge in [0.05, 0.1) is 124 Å². The van der Waals surface area contributed by atoms with E-state index < -0.39 is 0 Å². The number of aromatic nitrogens is 8. The number of nitrogens with two attached hydrogens (primary N) is 5. The van der Waals surface area contributed by atoms with Crippen molar-refractivity contribution in [2.75, 3.05) is 72.1 Å². The number of nitrogens with zero attached hydrogens (tertiary/aromatic N) is 14. The van der Waals surface area contributed by atoms with Crippen LogP contribution in [-0.4, -0.2) is 99.4 Å². The Balaban J connectivity index is 0.000000115. The lowest BCUT2D eigenvalue weighted by Gasteiger charge is -2.22. The number of hydrogen-bond donors (Lipinski definition) is 12. The van der Waals surface area contributed by atoms with E-state index in [0.29, 0.717) is 119 Å². The molecule has 9 heterocycles. The highest BCUT2D eigenvalue weighted by molar-refractivity contribution is 6.12. The first-order chi connectivity index (χ1) is 67.1. The molecule has 8 amide bonds. The zero-order chi connectivity index (χ0) is 97.6. The van der Waals surface area contributed by atoms with E-state index in [9.17, 15) is 43.2 Å². The number of aryl methyl sites for hydroxylation is 2. The molecule has 7 aliphatic rings. The number of carbonyl (C=O) groups excluding carboxylic acids is 8. The molecule has 139 heavy (non-hydrogen) atoms. The summed E-state index contributed by atoms with van der Waals surface area (Å²) in [6, 6.07) is 60.9. The molecule has 1 unspecified atom stereocenters. The number of anilines is 13. The Morgan fingerprint density at radius 1 is 0.432 bits per heavy atom. The van der Waals surface area contributed by atoms with Crippen LogP contribution in [0.3, 0.4) is 0 Å². The van der Waals surface area contributed by atoms with Crippen molar-refractivity contribution in [3.63, 3.8) is 0 Å². The Kier molecular flexibility index (Phi) is 24.6. The number of rotatable bonds is 16. The van der Waals surface area contributed by atoms with Crippen LogP contribution in [-0.2, 0) is 47.0 Å². The van der Waals surface area contributed by atoms with E-state index in [4.69, 9.17) is 55.0 Å². The number of nitriles is 5. The van der Waals surface area contributed by atoms with Gasteiger partial charge in [0.2, 0.25) is 41.4 Å². The number of aromatic amines is 1. The van der Waals surface area contributed by atoms with Crippen LogP contribution in [0.1, 0.15) is 73.4 Å². The molecule has 2 aliphatic heterocycles. The fourth-order valence-electron chi connectivity index (χ4n) is 17.7. The second-order valence-electron chi connectivity index (χ2n) is 35.6. The number of benzene rings is 8. The van der Waals surface area contributed by atoms with Crippen molar-refractivity contribution in [1.29, 1.82) is 26.3 Å². The standard InChI is InChI=1S/C23H21N5O2.C22H18N6O2.C22H17N5O2.C19H19N5O2.C18H15N5O/c1-12-3-4-13(22(29)26-2)6-17(12)14-5-15-9-21(27-11-19(15)20(25)8-14)28-23(30)18-7-16(18)10-24;1-27-18-4-2-3-5-19(18)28(22(27)30)14-6-12-8-20(25-11-16(12)17(24)9-14)26-21(29)15-7-13(15)10-23;23-10-14-6-16(14)22(29)26-20-7-13-5-15(9-18(24)17(13)11-25-20)27-19-4-2-1-3-12(19)8-21(27)28;1-10-2-3-18(25)24(10)13-4-11-6-17(22-9-15(11)16(21)7-13)23-19(26)14-5-12(14)8-20;19-7-13-4-14(13)18(24)23-17-6-12-3-11(10-1-2-21-8-10)5-16(20)15(12)9-22-17/h3-6,8-9,11,16,18H,7,25H2,1-2H3,(H,26,29)(H,27,28,30);2-6,8-9,11,13,15H,7,24H2,1H3,(H,25,26,29);1-5,7,9,11,14,16H,6,8,24H2,(H,25,26,29);4,6-7,9-10,12,14H,2-3,5,21H2,1H3,(H,22,23,26);1-3,5-6,8-9,13-14,21H,4,20H2,(H,22,23,24)/t16-,18+;13-,15+;14-,16+;10?,12-,14+;13-,14+/m11101/s1. The molecular weight excluding hydrogens is 1760 g/mol. The lowest BCUT2D eigenvalue weighted by Crippen LogP contribution is -2.30. The number of pyridine rings is 5. The highest BCUT2D eigenvalue weighted by atomic mass is 16.2. The summed E-state index contributed by atoms with van der Waals surface area (Å²) in [5.74, 6) is -1.18. The Bertz CT molecular complexity index is 7970. The number of fused-ring (bicyclic) bond motifs is 7. The summed E-state index contributed by atoms with van der Waals surface area (Å²) in [6.45, 7) is 3.99. The molecule has 0 spiro atoms. The lowest BCUT2D eigenvalue weighted by atomic mass is 9.95.